The van der Waals surface area contributed by atoms with Crippen molar-refractivity contribution in [3.05, 3.63) is 12.2 Å². The van der Waals surface area contributed by atoms with Crippen molar-refractivity contribution in [2.75, 3.05) is 6.61 Å². The van der Waals surface area contributed by atoms with Crippen LogP contribution in [0.5, 0.6) is 0 Å². The van der Waals surface area contributed by atoms with Gasteiger partial charge in [0.1, 0.15) is 12.7 Å². The average Bonchev–Trinajstić information content (AvgIpc) is 2.49. The summed E-state index contributed by atoms with van der Waals surface area (Å²) in [6.45, 7) is 4.74. The molecule has 0 saturated heterocycles. The zero-order valence-electron chi connectivity index (χ0n) is 12.9. The van der Waals surface area contributed by atoms with Crippen LogP contribution in [0.4, 0.5) is 35.1 Å². The van der Waals surface area contributed by atoms with Gasteiger partial charge in [-0.3, -0.25) is 0 Å². The van der Waals surface area contributed by atoms with Crippen LogP contribution in [0.2, 0.25) is 0 Å². The fourth-order valence-corrected chi connectivity index (χ4v) is 1.23. The van der Waals surface area contributed by atoms with Crippen LogP contribution in [0.1, 0.15) is 20.3 Å². The van der Waals surface area contributed by atoms with Crippen LogP contribution in [-0.4, -0.2) is 48.8 Å². The first kappa shape index (κ1) is 23.1. The summed E-state index contributed by atoms with van der Waals surface area (Å²) in [6.07, 6.45) is -7.18. The summed E-state index contributed by atoms with van der Waals surface area (Å²) in [4.78, 5) is 22.2. The highest BCUT2D eigenvalue weighted by molar-refractivity contribution is 5.87. The molecule has 0 aromatic rings. The van der Waals surface area contributed by atoms with Gasteiger partial charge in [0.05, 0.1) is 0 Å². The molecule has 1 unspecified atom stereocenters. The van der Waals surface area contributed by atoms with Crippen LogP contribution in [-0.2, 0) is 19.1 Å². The molecule has 0 aliphatic rings. The second kappa shape index (κ2) is 8.00. The van der Waals surface area contributed by atoms with Crippen molar-refractivity contribution in [2.24, 2.45) is 0 Å². The van der Waals surface area contributed by atoms with Crippen molar-refractivity contribution in [1.29, 1.82) is 0 Å². The van der Waals surface area contributed by atoms with E-state index >= 15 is 0 Å². The van der Waals surface area contributed by atoms with Gasteiger partial charge in [0, 0.05) is 5.57 Å². The summed E-state index contributed by atoms with van der Waals surface area (Å²) in [5, 5.41) is 0. The number of alkyl halides is 8. The van der Waals surface area contributed by atoms with Gasteiger partial charge in [-0.1, -0.05) is 13.5 Å². The van der Waals surface area contributed by atoms with Gasteiger partial charge >= 0.3 is 36.1 Å². The number of carbonyl (C=O) groups excluding carboxylic acids is 2. The van der Waals surface area contributed by atoms with Gasteiger partial charge < -0.3 is 9.47 Å². The molecular formula is C13H14F8O4. The first-order valence-corrected chi connectivity index (χ1v) is 6.58. The lowest BCUT2D eigenvalue weighted by atomic mass is 10.0. The molecule has 12 heteroatoms. The van der Waals surface area contributed by atoms with Crippen LogP contribution in [0, 0.1) is 0 Å². The second-order valence-corrected chi connectivity index (χ2v) is 4.89. The monoisotopic (exact) mass is 386 g/mol. The van der Waals surface area contributed by atoms with Crippen LogP contribution in [0.3, 0.4) is 0 Å². The lowest BCUT2D eigenvalue weighted by molar-refractivity contribution is -0.333. The Bertz CT molecular complexity index is 518. The Morgan fingerprint density at radius 3 is 1.92 bits per heavy atom. The van der Waals surface area contributed by atoms with Gasteiger partial charge in [-0.25, -0.2) is 18.4 Å². The highest BCUT2D eigenvalue weighted by Gasteiger charge is 2.79. The van der Waals surface area contributed by atoms with Crippen molar-refractivity contribution in [3.63, 3.8) is 0 Å². The molecule has 0 spiro atoms. The standard InChI is InChI=1S/C13H14F8O4/c1-4-7(5-24-8(22)6(2)3)25-10(23)12(18,19)13(20,21)11(16,17)9(14)15/h7,9H,2,4-5H2,1,3H3. The number of hydrogen-bond acceptors (Lipinski definition) is 4. The van der Waals surface area contributed by atoms with Gasteiger partial charge in [0.2, 0.25) is 0 Å². The largest absolute Gasteiger partial charge is 0.458 e. The number of ether oxygens (including phenoxy) is 2. The molecule has 1 atom stereocenters. The average molecular weight is 386 g/mol. The topological polar surface area (TPSA) is 52.6 Å². The molecule has 0 aliphatic heterocycles. The van der Waals surface area contributed by atoms with Crippen molar-refractivity contribution >= 4 is 11.9 Å². The molecule has 0 saturated carbocycles. The number of carbonyl (C=O) groups is 2. The van der Waals surface area contributed by atoms with E-state index in [0.29, 0.717) is 0 Å². The molecule has 0 heterocycles. The van der Waals surface area contributed by atoms with Crippen LogP contribution < -0.4 is 0 Å². The summed E-state index contributed by atoms with van der Waals surface area (Å²) >= 11 is 0. The highest BCUT2D eigenvalue weighted by atomic mass is 19.4. The van der Waals surface area contributed by atoms with Gasteiger partial charge in [-0.2, -0.15) is 26.3 Å². The third-order valence-electron chi connectivity index (χ3n) is 2.82. The molecular weight excluding hydrogens is 372 g/mol. The van der Waals surface area contributed by atoms with Gasteiger partial charge in [0.15, 0.2) is 0 Å². The maximum absolute atomic E-state index is 13.3. The molecule has 0 rings (SSSR count). The summed E-state index contributed by atoms with van der Waals surface area (Å²) in [7, 11) is 0. The Balaban J connectivity index is 5.23. The minimum absolute atomic E-state index is 0.116. The van der Waals surface area contributed by atoms with E-state index in [1.807, 2.05) is 0 Å². The Kier molecular flexibility index (Phi) is 7.40. The van der Waals surface area contributed by atoms with E-state index in [-0.39, 0.29) is 12.0 Å². The molecule has 4 nitrogen and oxygen atoms in total. The fourth-order valence-electron chi connectivity index (χ4n) is 1.23. The normalized spacial score (nSPS) is 14.2. The lowest BCUT2D eigenvalue weighted by Gasteiger charge is -2.31. The van der Waals surface area contributed by atoms with E-state index < -0.39 is 48.8 Å². The van der Waals surface area contributed by atoms with E-state index in [1.54, 1.807) is 0 Å². The van der Waals surface area contributed by atoms with Crippen molar-refractivity contribution in [3.8, 4) is 0 Å². The summed E-state index contributed by atoms with van der Waals surface area (Å²) in [6, 6.07) is 0. The third kappa shape index (κ3) is 4.82. The number of halogens is 8. The Labute approximate surface area is 136 Å². The molecule has 25 heavy (non-hydrogen) atoms. The Morgan fingerprint density at radius 2 is 1.56 bits per heavy atom. The zero-order chi connectivity index (χ0) is 20.2. The second-order valence-electron chi connectivity index (χ2n) is 4.89. The highest BCUT2D eigenvalue weighted by Crippen LogP contribution is 2.49. The minimum atomic E-state index is -6.71. The van der Waals surface area contributed by atoms with Crippen molar-refractivity contribution < 1.29 is 54.2 Å². The van der Waals surface area contributed by atoms with Crippen LogP contribution >= 0.6 is 0 Å². The van der Waals surface area contributed by atoms with Gasteiger partial charge in [-0.15, -0.1) is 0 Å². The summed E-state index contributed by atoms with van der Waals surface area (Å²) < 4.78 is 110. The summed E-state index contributed by atoms with van der Waals surface area (Å²) in [5.74, 6) is -23.6. The van der Waals surface area contributed by atoms with Gasteiger partial charge in [-0.05, 0) is 13.3 Å². The lowest BCUT2D eigenvalue weighted by Crippen LogP contribution is -2.61. The maximum atomic E-state index is 13.3. The molecule has 146 valence electrons. The summed E-state index contributed by atoms with van der Waals surface area (Å²) in [5.41, 5.74) is -0.116. The Morgan fingerprint density at radius 1 is 1.08 bits per heavy atom. The van der Waals surface area contributed by atoms with Crippen molar-refractivity contribution in [2.45, 2.75) is 50.6 Å². The van der Waals surface area contributed by atoms with E-state index in [1.165, 1.54) is 13.8 Å². The molecule has 0 fully saturated rings. The Hall–Kier alpha value is -1.88. The van der Waals surface area contributed by atoms with E-state index in [4.69, 9.17) is 0 Å². The molecule has 0 radical (unpaired) electrons. The predicted molar refractivity (Wildman–Crippen MR) is 66.8 cm³/mol. The van der Waals surface area contributed by atoms with E-state index in [9.17, 15) is 44.7 Å². The SMILES string of the molecule is C=C(C)C(=O)OCC(CC)OC(=O)C(F)(F)C(F)(F)C(F)(F)C(F)F. The molecule has 0 aromatic heterocycles. The number of rotatable bonds is 9. The molecule has 0 amide bonds. The van der Waals surface area contributed by atoms with Crippen LogP contribution in [0.15, 0.2) is 12.2 Å². The minimum Gasteiger partial charge on any atom is -0.458 e. The molecule has 0 bridgehead atoms. The molecule has 0 aliphatic carbocycles. The molecule has 0 aromatic carbocycles. The van der Waals surface area contributed by atoms with E-state index in [2.05, 4.69) is 16.1 Å². The molecule has 0 N–H and O–H groups in total. The predicted octanol–water partition coefficient (Wildman–Crippen LogP) is 3.60. The van der Waals surface area contributed by atoms with E-state index in [0.717, 1.165) is 0 Å². The maximum Gasteiger partial charge on any atom is 0.410 e. The van der Waals surface area contributed by atoms with Crippen LogP contribution in [0.25, 0.3) is 0 Å². The number of hydrogen-bond donors (Lipinski definition) is 0. The first-order chi connectivity index (χ1) is 11.1. The first-order valence-electron chi connectivity index (χ1n) is 6.58. The van der Waals surface area contributed by atoms with Gasteiger partial charge in [0.25, 0.3) is 0 Å². The smallest absolute Gasteiger partial charge is 0.410 e. The fraction of sp³-hybridized carbons (Fsp3) is 0.692. The quantitative estimate of drug-likeness (QED) is 0.345. The number of esters is 2. The third-order valence-corrected chi connectivity index (χ3v) is 2.82. The van der Waals surface area contributed by atoms with Crippen molar-refractivity contribution in [1.82, 2.24) is 0 Å². The zero-order valence-corrected chi connectivity index (χ0v) is 12.9.